The Morgan fingerprint density at radius 2 is 1.84 bits per heavy atom. The number of alkyl halides is 3. The van der Waals surface area contributed by atoms with Crippen molar-refractivity contribution >= 4 is 22.2 Å². The number of hydrogen-bond acceptors (Lipinski definition) is 6. The molecule has 1 unspecified atom stereocenters. The second-order valence-corrected chi connectivity index (χ2v) is 7.56. The summed E-state index contributed by atoms with van der Waals surface area (Å²) in [6.45, 7) is 5.20. The number of nitrogens with zero attached hydrogens (tertiary/aromatic N) is 2. The Labute approximate surface area is 187 Å². The van der Waals surface area contributed by atoms with Crippen LogP contribution in [0.1, 0.15) is 18.2 Å². The Kier molecular flexibility index (Phi) is 11.8. The monoisotopic (exact) mass is 473 g/mol. The van der Waals surface area contributed by atoms with E-state index in [1.54, 1.807) is 19.1 Å². The Morgan fingerprint density at radius 1 is 1.22 bits per heavy atom. The molecule has 0 spiro atoms. The van der Waals surface area contributed by atoms with Crippen LogP contribution < -0.4 is 4.74 Å². The predicted octanol–water partition coefficient (Wildman–Crippen LogP) is 3.68. The lowest BCUT2D eigenvalue weighted by Crippen LogP contribution is -2.20. The molecule has 0 bridgehead atoms. The van der Waals surface area contributed by atoms with Crippen LogP contribution in [0.15, 0.2) is 54.3 Å². The maximum Gasteiger partial charge on any atom is 0.422 e. The third-order valence-electron chi connectivity index (χ3n) is 3.60. The van der Waals surface area contributed by atoms with E-state index >= 15 is 0 Å². The minimum Gasteiger partial charge on any atom is -0.609 e. The number of aromatic amines is 1. The quantitative estimate of drug-likeness (QED) is 0.372. The molecule has 2 aromatic heterocycles. The number of aliphatic hydroxyl groups is 2. The highest BCUT2D eigenvalue weighted by Gasteiger charge is 2.29. The molecule has 3 rings (SSSR count). The van der Waals surface area contributed by atoms with E-state index in [-0.39, 0.29) is 24.7 Å². The van der Waals surface area contributed by atoms with Crippen molar-refractivity contribution < 1.29 is 32.7 Å². The molecular formula is C21H26F3N3O4S. The van der Waals surface area contributed by atoms with Gasteiger partial charge in [0.25, 0.3) is 0 Å². The van der Waals surface area contributed by atoms with Gasteiger partial charge in [0.1, 0.15) is 5.75 Å². The minimum absolute atomic E-state index is 0.0227. The first-order chi connectivity index (χ1) is 15.2. The highest BCUT2D eigenvalue weighted by atomic mass is 32.2. The van der Waals surface area contributed by atoms with Crippen LogP contribution in [0.5, 0.6) is 5.75 Å². The van der Waals surface area contributed by atoms with E-state index in [4.69, 9.17) is 14.9 Å². The van der Waals surface area contributed by atoms with Gasteiger partial charge in [-0.2, -0.15) is 18.2 Å². The summed E-state index contributed by atoms with van der Waals surface area (Å²) >= 11 is -1.51. The van der Waals surface area contributed by atoms with Gasteiger partial charge < -0.3 is 19.5 Å². The maximum atomic E-state index is 12.5. The van der Waals surface area contributed by atoms with Gasteiger partial charge in [-0.25, -0.2) is 0 Å². The molecule has 11 heteroatoms. The number of aromatic nitrogens is 3. The standard InChI is InChI=1S/C16H14F3N3O2S.C3H6.C2H6O2/c1-10-13(20-7-6-14(10)24-9-16(17,18)19)8-25(23)15-21-11-4-2-3-5-12(11)22-15;1-3-2;3-1-2-4/h2-7H,8-9H2,1H3,(H,21,22);3H,1H2,2H3;3-4H,1-2H2. The van der Waals surface area contributed by atoms with E-state index < -0.39 is 24.0 Å². The van der Waals surface area contributed by atoms with Crippen LogP contribution in [0, 0.1) is 6.92 Å². The fourth-order valence-corrected chi connectivity index (χ4v) is 3.35. The van der Waals surface area contributed by atoms with Crippen molar-refractivity contribution in [1.82, 2.24) is 15.0 Å². The smallest absolute Gasteiger partial charge is 0.422 e. The summed E-state index contributed by atoms with van der Waals surface area (Å²) in [5.74, 6) is 0.0958. The van der Waals surface area contributed by atoms with Crippen molar-refractivity contribution in [2.75, 3.05) is 19.8 Å². The molecule has 0 saturated carbocycles. The van der Waals surface area contributed by atoms with Gasteiger partial charge in [-0.15, -0.1) is 6.58 Å². The predicted molar refractivity (Wildman–Crippen MR) is 117 cm³/mol. The zero-order chi connectivity index (χ0) is 24.1. The summed E-state index contributed by atoms with van der Waals surface area (Å²) < 4.78 is 54.2. The molecule has 7 nitrogen and oxygen atoms in total. The summed E-state index contributed by atoms with van der Waals surface area (Å²) in [7, 11) is 0. The van der Waals surface area contributed by atoms with Crippen molar-refractivity contribution in [3.63, 3.8) is 0 Å². The number of fused-ring (bicyclic) bond motifs is 1. The molecule has 0 radical (unpaired) electrons. The lowest BCUT2D eigenvalue weighted by Gasteiger charge is -2.14. The number of H-pyrrole nitrogens is 1. The number of rotatable bonds is 6. The lowest BCUT2D eigenvalue weighted by atomic mass is 10.2. The van der Waals surface area contributed by atoms with Crippen LogP contribution >= 0.6 is 0 Å². The number of para-hydroxylation sites is 2. The second kappa shape index (κ2) is 13.7. The number of benzene rings is 1. The number of halogens is 3. The van der Waals surface area contributed by atoms with Crippen molar-refractivity contribution in [2.24, 2.45) is 0 Å². The largest absolute Gasteiger partial charge is 0.609 e. The summed E-state index contributed by atoms with van der Waals surface area (Å²) in [6.07, 6.45) is -1.34. The molecule has 3 N–H and O–H groups in total. The van der Waals surface area contributed by atoms with E-state index in [1.165, 1.54) is 12.3 Å². The highest BCUT2D eigenvalue weighted by Crippen LogP contribution is 2.25. The molecule has 3 aromatic rings. The highest BCUT2D eigenvalue weighted by molar-refractivity contribution is 7.90. The first kappa shape index (κ1) is 27.4. The van der Waals surface area contributed by atoms with Crippen molar-refractivity contribution in [3.8, 4) is 5.75 Å². The topological polar surface area (TPSA) is 114 Å². The van der Waals surface area contributed by atoms with E-state index in [9.17, 15) is 17.7 Å². The fraction of sp³-hybridized carbons (Fsp3) is 0.333. The van der Waals surface area contributed by atoms with Gasteiger partial charge >= 0.3 is 11.3 Å². The molecule has 0 aliphatic heterocycles. The third kappa shape index (κ3) is 9.27. The molecule has 2 heterocycles. The number of nitrogens with one attached hydrogen (secondary N) is 1. The molecular weight excluding hydrogens is 447 g/mol. The Morgan fingerprint density at radius 3 is 2.41 bits per heavy atom. The van der Waals surface area contributed by atoms with Gasteiger partial charge in [-0.05, 0) is 32.0 Å². The molecule has 0 aliphatic rings. The van der Waals surface area contributed by atoms with E-state index in [0.717, 1.165) is 5.52 Å². The SMILES string of the molecule is C=CC.Cc1c(OCC(F)(F)F)ccnc1C[S+]([O-])c1nc2ccccc2[nH]1.OCCO. The fourth-order valence-electron chi connectivity index (χ4n) is 2.25. The number of allylic oxidation sites excluding steroid dienone is 1. The molecule has 0 fully saturated rings. The van der Waals surface area contributed by atoms with Crippen LogP contribution in [0.3, 0.4) is 0 Å². The third-order valence-corrected chi connectivity index (χ3v) is 4.76. The molecule has 1 atom stereocenters. The van der Waals surface area contributed by atoms with Gasteiger partial charge in [0.05, 0.1) is 29.9 Å². The molecule has 32 heavy (non-hydrogen) atoms. The van der Waals surface area contributed by atoms with Gasteiger partial charge in [0.2, 0.25) is 0 Å². The van der Waals surface area contributed by atoms with E-state index in [1.807, 2.05) is 25.1 Å². The lowest BCUT2D eigenvalue weighted by molar-refractivity contribution is -0.153. The molecule has 0 amide bonds. The summed E-state index contributed by atoms with van der Waals surface area (Å²) in [5, 5.41) is 15.5. The summed E-state index contributed by atoms with van der Waals surface area (Å²) in [6, 6.07) is 8.62. The van der Waals surface area contributed by atoms with Crippen LogP contribution in [0.4, 0.5) is 13.2 Å². The van der Waals surface area contributed by atoms with Gasteiger partial charge in [-0.3, -0.25) is 9.97 Å². The van der Waals surface area contributed by atoms with Crippen LogP contribution in [0.25, 0.3) is 11.0 Å². The second-order valence-electron chi connectivity index (χ2n) is 6.19. The number of imidazole rings is 1. The van der Waals surface area contributed by atoms with Gasteiger partial charge in [0.15, 0.2) is 12.4 Å². The first-order valence-electron chi connectivity index (χ1n) is 9.42. The van der Waals surface area contributed by atoms with Gasteiger partial charge in [-0.1, -0.05) is 18.2 Å². The van der Waals surface area contributed by atoms with Crippen molar-refractivity contribution in [1.29, 1.82) is 0 Å². The molecule has 0 aliphatic carbocycles. The Balaban J connectivity index is 0.000000645. The van der Waals surface area contributed by atoms with Gasteiger partial charge in [0, 0.05) is 22.9 Å². The first-order valence-corrected chi connectivity index (χ1v) is 10.7. The van der Waals surface area contributed by atoms with Crippen LogP contribution in [-0.4, -0.2) is 55.7 Å². The van der Waals surface area contributed by atoms with Crippen molar-refractivity contribution in [3.05, 3.63) is 60.4 Å². The van der Waals surface area contributed by atoms with Crippen molar-refractivity contribution in [2.45, 2.75) is 30.9 Å². The zero-order valence-corrected chi connectivity index (χ0v) is 18.5. The maximum absolute atomic E-state index is 12.5. The number of pyridine rings is 1. The molecule has 1 aromatic carbocycles. The molecule has 0 saturated heterocycles. The van der Waals surface area contributed by atoms with E-state index in [0.29, 0.717) is 21.9 Å². The normalized spacial score (nSPS) is 11.6. The Bertz CT molecular complexity index is 932. The summed E-state index contributed by atoms with van der Waals surface area (Å²) in [5.41, 5.74) is 2.28. The number of hydrogen-bond donors (Lipinski definition) is 3. The number of aliphatic hydroxyl groups excluding tert-OH is 2. The summed E-state index contributed by atoms with van der Waals surface area (Å²) in [4.78, 5) is 11.3. The average Bonchev–Trinajstić information content (AvgIpc) is 3.19. The molecule has 176 valence electrons. The van der Waals surface area contributed by atoms with E-state index in [2.05, 4.69) is 21.5 Å². The van der Waals surface area contributed by atoms with Crippen LogP contribution in [0.2, 0.25) is 0 Å². The number of ether oxygens (including phenoxy) is 1. The zero-order valence-electron chi connectivity index (χ0n) is 17.7. The average molecular weight is 474 g/mol. The minimum atomic E-state index is -4.42. The Hall–Kier alpha value is -2.60. The van der Waals surface area contributed by atoms with Crippen LogP contribution in [-0.2, 0) is 16.9 Å².